The molecule has 168 valence electrons. The van der Waals surface area contributed by atoms with Gasteiger partial charge in [0.15, 0.2) is 5.78 Å². The van der Waals surface area contributed by atoms with Crippen LogP contribution in [0.4, 0.5) is 0 Å². The highest BCUT2D eigenvalue weighted by atomic mass is 35.5. The second-order valence-electron chi connectivity index (χ2n) is 8.11. The first-order valence-electron chi connectivity index (χ1n) is 10.9. The van der Waals surface area contributed by atoms with Crippen molar-refractivity contribution in [2.24, 2.45) is 0 Å². The van der Waals surface area contributed by atoms with Gasteiger partial charge in [0, 0.05) is 11.4 Å². The largest absolute Gasteiger partial charge is 0.481 e. The third-order valence-corrected chi connectivity index (χ3v) is 5.93. The molecule has 0 bridgehead atoms. The first kappa shape index (κ1) is 24.2. The fourth-order valence-corrected chi connectivity index (χ4v) is 4.01. The Morgan fingerprint density at radius 2 is 1.64 bits per heavy atom. The molecule has 3 nitrogen and oxygen atoms in total. The molecule has 1 unspecified atom stereocenters. The molecule has 0 heterocycles. The number of benzene rings is 3. The van der Waals surface area contributed by atoms with Crippen molar-refractivity contribution in [1.82, 2.24) is 0 Å². The van der Waals surface area contributed by atoms with Crippen LogP contribution in [0.15, 0.2) is 91.0 Å². The molecule has 0 aliphatic heterocycles. The molecule has 33 heavy (non-hydrogen) atoms. The first-order chi connectivity index (χ1) is 15.9. The van der Waals surface area contributed by atoms with E-state index < -0.39 is 11.4 Å². The van der Waals surface area contributed by atoms with Gasteiger partial charge in [0.2, 0.25) is 0 Å². The van der Waals surface area contributed by atoms with Crippen molar-refractivity contribution >= 4 is 35.5 Å². The number of carbonyl (C=O) groups is 2. The second-order valence-corrected chi connectivity index (χ2v) is 8.55. The lowest BCUT2D eigenvalue weighted by Crippen LogP contribution is -2.35. The van der Waals surface area contributed by atoms with Crippen molar-refractivity contribution in [3.8, 4) is 0 Å². The minimum Gasteiger partial charge on any atom is -0.481 e. The molecule has 0 fully saturated rings. The number of carbonyl (C=O) groups excluding carboxylic acids is 1. The van der Waals surface area contributed by atoms with E-state index in [1.807, 2.05) is 79.7 Å². The van der Waals surface area contributed by atoms with Gasteiger partial charge in [0.25, 0.3) is 0 Å². The molecule has 0 saturated carbocycles. The molecule has 3 aromatic carbocycles. The maximum absolute atomic E-state index is 13.7. The van der Waals surface area contributed by atoms with Gasteiger partial charge in [-0.05, 0) is 54.7 Å². The predicted molar refractivity (Wildman–Crippen MR) is 135 cm³/mol. The number of hydrogen-bond acceptors (Lipinski definition) is 2. The van der Waals surface area contributed by atoms with Crippen molar-refractivity contribution in [2.75, 3.05) is 0 Å². The van der Waals surface area contributed by atoms with Gasteiger partial charge in [-0.25, -0.2) is 0 Å². The van der Waals surface area contributed by atoms with Gasteiger partial charge in [-0.15, -0.1) is 0 Å². The molecule has 0 aliphatic rings. The molecular weight excluding hydrogens is 432 g/mol. The van der Waals surface area contributed by atoms with Crippen LogP contribution in [-0.4, -0.2) is 16.9 Å². The van der Waals surface area contributed by atoms with E-state index in [-0.39, 0.29) is 18.6 Å². The number of rotatable bonds is 10. The summed E-state index contributed by atoms with van der Waals surface area (Å²) in [5, 5.41) is 10.0. The summed E-state index contributed by atoms with van der Waals surface area (Å²) >= 11 is 5.96. The zero-order valence-electron chi connectivity index (χ0n) is 18.6. The number of hydrogen-bond donors (Lipinski definition) is 1. The van der Waals surface area contributed by atoms with Crippen molar-refractivity contribution in [1.29, 1.82) is 0 Å². The highest BCUT2D eigenvalue weighted by Gasteiger charge is 2.37. The number of allylic oxidation sites excluding steroid dienone is 2. The van der Waals surface area contributed by atoms with Gasteiger partial charge in [-0.1, -0.05) is 102 Å². The van der Waals surface area contributed by atoms with E-state index in [0.717, 1.165) is 22.3 Å². The molecule has 3 rings (SSSR count). The highest BCUT2D eigenvalue weighted by molar-refractivity contribution is 6.30. The molecule has 1 atom stereocenters. The van der Waals surface area contributed by atoms with Crippen molar-refractivity contribution in [2.45, 2.75) is 31.6 Å². The van der Waals surface area contributed by atoms with Crippen LogP contribution in [0.25, 0.3) is 12.2 Å². The van der Waals surface area contributed by atoms with Crippen LogP contribution >= 0.6 is 11.6 Å². The number of carboxylic acid groups (broad SMARTS) is 1. The minimum absolute atomic E-state index is 0.103. The third-order valence-electron chi connectivity index (χ3n) is 5.68. The smallest absolute Gasteiger partial charge is 0.303 e. The summed E-state index contributed by atoms with van der Waals surface area (Å²) in [5.41, 5.74) is 2.87. The Hall–Kier alpha value is -3.43. The minimum atomic E-state index is -0.983. The number of aryl methyl sites for hydroxylation is 1. The van der Waals surface area contributed by atoms with Crippen molar-refractivity contribution in [3.05, 3.63) is 118 Å². The van der Waals surface area contributed by atoms with Crippen LogP contribution < -0.4 is 0 Å². The summed E-state index contributed by atoms with van der Waals surface area (Å²) in [6.45, 7) is 2.03. The number of aliphatic carboxylic acids is 1. The maximum atomic E-state index is 13.7. The average Bonchev–Trinajstić information content (AvgIpc) is 2.81. The normalized spacial score (nSPS) is 13.3. The molecule has 0 saturated heterocycles. The van der Waals surface area contributed by atoms with Crippen LogP contribution in [0.3, 0.4) is 0 Å². The fraction of sp³-hybridized carbons (Fsp3) is 0.172. The number of halogens is 1. The van der Waals surface area contributed by atoms with E-state index in [2.05, 4.69) is 6.07 Å². The van der Waals surface area contributed by atoms with Crippen LogP contribution in [0.5, 0.6) is 0 Å². The fourth-order valence-electron chi connectivity index (χ4n) is 3.88. The highest BCUT2D eigenvalue weighted by Crippen LogP contribution is 2.36. The Labute approximate surface area is 200 Å². The summed E-state index contributed by atoms with van der Waals surface area (Å²) in [4.78, 5) is 25.2. The molecular formula is C29H27ClO3. The van der Waals surface area contributed by atoms with E-state index in [1.165, 1.54) is 0 Å². The van der Waals surface area contributed by atoms with Gasteiger partial charge in [-0.2, -0.15) is 0 Å². The molecule has 1 N–H and O–H groups in total. The molecule has 3 aromatic rings. The van der Waals surface area contributed by atoms with E-state index in [4.69, 9.17) is 11.6 Å². The van der Waals surface area contributed by atoms with E-state index in [1.54, 1.807) is 24.3 Å². The van der Waals surface area contributed by atoms with E-state index in [9.17, 15) is 14.7 Å². The zero-order valence-corrected chi connectivity index (χ0v) is 19.3. The summed E-state index contributed by atoms with van der Waals surface area (Å²) in [7, 11) is 0. The molecule has 4 heteroatoms. The summed E-state index contributed by atoms with van der Waals surface area (Å²) in [6.07, 6.45) is 7.75. The van der Waals surface area contributed by atoms with Crippen molar-refractivity contribution in [3.63, 3.8) is 0 Å². The summed E-state index contributed by atoms with van der Waals surface area (Å²) < 4.78 is 0. The lowest BCUT2D eigenvalue weighted by atomic mass is 9.70. The Balaban J connectivity index is 1.98. The van der Waals surface area contributed by atoms with Gasteiger partial charge < -0.3 is 5.11 Å². The third kappa shape index (κ3) is 6.77. The van der Waals surface area contributed by atoms with Gasteiger partial charge in [0.1, 0.15) is 0 Å². The van der Waals surface area contributed by atoms with Crippen molar-refractivity contribution < 1.29 is 14.7 Å². The quantitative estimate of drug-likeness (QED) is 0.328. The monoisotopic (exact) mass is 458 g/mol. The number of carboxylic acids is 1. The standard InChI is InChI=1S/C29H27ClO3/c1-22-7-5-8-24(21-22)9-6-19-29(20-18-28(32)33,25-10-3-2-4-11-25)27(31)17-14-23-12-15-26(30)16-13-23/h2-17,21H,18-20H2,1H3,(H,32,33)/b9-6+,17-14?. The Morgan fingerprint density at radius 3 is 2.30 bits per heavy atom. The molecule has 0 radical (unpaired) electrons. The zero-order chi connectivity index (χ0) is 23.7. The van der Waals surface area contributed by atoms with Crippen LogP contribution in [0.1, 0.15) is 41.5 Å². The Morgan fingerprint density at radius 1 is 0.909 bits per heavy atom. The van der Waals surface area contributed by atoms with Gasteiger partial charge >= 0.3 is 5.97 Å². The Kier molecular flexibility index (Phi) is 8.39. The van der Waals surface area contributed by atoms with Crippen LogP contribution in [-0.2, 0) is 15.0 Å². The molecule has 0 aliphatic carbocycles. The number of ketones is 1. The second kappa shape index (κ2) is 11.4. The van der Waals surface area contributed by atoms with Crippen LogP contribution in [0, 0.1) is 6.92 Å². The van der Waals surface area contributed by atoms with Crippen LogP contribution in [0.2, 0.25) is 5.02 Å². The molecule has 0 spiro atoms. The van der Waals surface area contributed by atoms with E-state index in [0.29, 0.717) is 11.4 Å². The van der Waals surface area contributed by atoms with Gasteiger partial charge in [0.05, 0.1) is 5.41 Å². The predicted octanol–water partition coefficient (Wildman–Crippen LogP) is 7.14. The lowest BCUT2D eigenvalue weighted by Gasteiger charge is -2.31. The SMILES string of the molecule is Cc1cccc(/C=C/CC(CCC(=O)O)(C(=O)C=Cc2ccc(Cl)cc2)c2ccccc2)c1. The van der Waals surface area contributed by atoms with Gasteiger partial charge in [-0.3, -0.25) is 9.59 Å². The first-order valence-corrected chi connectivity index (χ1v) is 11.3. The summed E-state index contributed by atoms with van der Waals surface area (Å²) in [5.74, 6) is -1.05. The molecule has 0 amide bonds. The molecule has 0 aromatic heterocycles. The lowest BCUT2D eigenvalue weighted by molar-refractivity contribution is -0.137. The topological polar surface area (TPSA) is 54.4 Å². The maximum Gasteiger partial charge on any atom is 0.303 e. The van der Waals surface area contributed by atoms with E-state index >= 15 is 0 Å². The average molecular weight is 459 g/mol. The summed E-state index contributed by atoms with van der Waals surface area (Å²) in [6, 6.07) is 24.8. The Bertz CT molecular complexity index is 1150.